The molecule has 3 rings (SSSR count). The van der Waals surface area contributed by atoms with E-state index in [9.17, 15) is 0 Å². The van der Waals surface area contributed by atoms with Gasteiger partial charge in [-0.25, -0.2) is 0 Å². The van der Waals surface area contributed by atoms with Crippen molar-refractivity contribution in [3.63, 3.8) is 0 Å². The number of hydrogen-bond acceptors (Lipinski definition) is 3. The highest BCUT2D eigenvalue weighted by Crippen LogP contribution is 2.37. The average molecular weight is 285 g/mol. The fourth-order valence-corrected chi connectivity index (χ4v) is 4.47. The maximum Gasteiger partial charge on any atom is 0.0931 e. The molecule has 0 amide bonds. The lowest BCUT2D eigenvalue weighted by atomic mass is 10.0. The van der Waals surface area contributed by atoms with Gasteiger partial charge in [0.2, 0.25) is 0 Å². The van der Waals surface area contributed by atoms with Crippen molar-refractivity contribution in [2.24, 2.45) is 11.8 Å². The Morgan fingerprint density at radius 1 is 1.28 bits per heavy atom. The summed E-state index contributed by atoms with van der Waals surface area (Å²) in [5, 5.41) is 3.52. The van der Waals surface area contributed by atoms with Crippen LogP contribution < -0.4 is 5.32 Å². The summed E-state index contributed by atoms with van der Waals surface area (Å²) in [4.78, 5) is 3.97. The third-order valence-electron chi connectivity index (χ3n) is 4.33. The van der Waals surface area contributed by atoms with Crippen LogP contribution in [0.15, 0.2) is 12.1 Å². The molecule has 1 N–H and O–H groups in total. The quantitative estimate of drug-likeness (QED) is 0.835. The van der Waals surface area contributed by atoms with Crippen LogP contribution >= 0.6 is 22.9 Å². The molecule has 2 unspecified atom stereocenters. The molecule has 100 valence electrons. The van der Waals surface area contributed by atoms with Crippen molar-refractivity contribution in [1.29, 1.82) is 0 Å². The van der Waals surface area contributed by atoms with Gasteiger partial charge in [-0.3, -0.25) is 0 Å². The van der Waals surface area contributed by atoms with Crippen molar-refractivity contribution in [3.8, 4) is 0 Å². The number of rotatable bonds is 5. The zero-order valence-electron chi connectivity index (χ0n) is 10.7. The predicted octanol–water partition coefficient (Wildman–Crippen LogP) is 3.22. The summed E-state index contributed by atoms with van der Waals surface area (Å²) in [6, 6.07) is 4.09. The lowest BCUT2D eigenvalue weighted by Crippen LogP contribution is -2.30. The Kier molecular flexibility index (Phi) is 4.24. The van der Waals surface area contributed by atoms with Crippen molar-refractivity contribution in [1.82, 2.24) is 10.2 Å². The number of nitrogens with zero attached hydrogens (tertiary/aromatic N) is 1. The molecular weight excluding hydrogens is 264 g/mol. The summed E-state index contributed by atoms with van der Waals surface area (Å²) < 4.78 is 0.888. The van der Waals surface area contributed by atoms with Gasteiger partial charge in [0.25, 0.3) is 0 Å². The fraction of sp³-hybridized carbons (Fsp3) is 0.714. The summed E-state index contributed by atoms with van der Waals surface area (Å²) in [5.74, 6) is 2.03. The smallest absolute Gasteiger partial charge is 0.0931 e. The van der Waals surface area contributed by atoms with E-state index in [0.717, 1.165) is 29.3 Å². The van der Waals surface area contributed by atoms with Crippen LogP contribution in [0.3, 0.4) is 0 Å². The Bertz CT molecular complexity index is 381. The normalized spacial score (nSPS) is 27.8. The molecule has 0 aromatic carbocycles. The minimum Gasteiger partial charge on any atom is -0.311 e. The Morgan fingerprint density at radius 3 is 2.72 bits per heavy atom. The van der Waals surface area contributed by atoms with Crippen molar-refractivity contribution < 1.29 is 0 Å². The molecule has 1 aromatic rings. The van der Waals surface area contributed by atoms with Crippen molar-refractivity contribution in [2.75, 3.05) is 26.2 Å². The van der Waals surface area contributed by atoms with E-state index in [1.165, 1.54) is 43.8 Å². The summed E-state index contributed by atoms with van der Waals surface area (Å²) in [5.41, 5.74) is 0. The lowest BCUT2D eigenvalue weighted by Gasteiger charge is -2.16. The van der Waals surface area contributed by atoms with E-state index in [2.05, 4.69) is 16.3 Å². The number of thiophene rings is 1. The molecule has 4 heteroatoms. The minimum absolute atomic E-state index is 0.888. The van der Waals surface area contributed by atoms with Gasteiger partial charge in [0.05, 0.1) is 4.34 Å². The predicted molar refractivity (Wildman–Crippen MR) is 78.3 cm³/mol. The van der Waals surface area contributed by atoms with Gasteiger partial charge >= 0.3 is 0 Å². The number of likely N-dealkylation sites (tertiary alicyclic amines) is 1. The summed E-state index contributed by atoms with van der Waals surface area (Å²) in [6.07, 6.45) is 4.42. The monoisotopic (exact) mass is 284 g/mol. The Balaban J connectivity index is 1.33. The number of fused-ring (bicyclic) bond motifs is 1. The molecule has 2 fully saturated rings. The van der Waals surface area contributed by atoms with Gasteiger partial charge in [0.1, 0.15) is 0 Å². The largest absolute Gasteiger partial charge is 0.311 e. The fourth-order valence-electron chi connectivity index (χ4n) is 3.41. The molecule has 1 aliphatic carbocycles. The Hall–Kier alpha value is -0.0900. The molecule has 18 heavy (non-hydrogen) atoms. The molecule has 1 saturated heterocycles. The third kappa shape index (κ3) is 3.08. The van der Waals surface area contributed by atoms with Gasteiger partial charge in [0, 0.05) is 37.6 Å². The standard InChI is InChI=1S/C14H21ClN2S/c15-14-5-4-13(18-14)8-16-6-7-17-9-11-2-1-3-12(11)10-17/h4-5,11-12,16H,1-3,6-10H2. The second kappa shape index (κ2) is 5.91. The molecule has 2 atom stereocenters. The van der Waals surface area contributed by atoms with Crippen LogP contribution in [0, 0.1) is 11.8 Å². The summed E-state index contributed by atoms with van der Waals surface area (Å²) in [6.45, 7) is 5.94. The van der Waals surface area contributed by atoms with E-state index in [0.29, 0.717) is 0 Å². The maximum absolute atomic E-state index is 5.91. The zero-order valence-corrected chi connectivity index (χ0v) is 12.3. The number of halogens is 1. The number of nitrogens with one attached hydrogen (secondary N) is 1. The van der Waals surface area contributed by atoms with Crippen LogP contribution in [0.1, 0.15) is 24.1 Å². The van der Waals surface area contributed by atoms with E-state index >= 15 is 0 Å². The van der Waals surface area contributed by atoms with Crippen molar-refractivity contribution in [3.05, 3.63) is 21.3 Å². The van der Waals surface area contributed by atoms with Crippen LogP contribution in [-0.4, -0.2) is 31.1 Å². The van der Waals surface area contributed by atoms with E-state index < -0.39 is 0 Å². The second-order valence-corrected chi connectivity index (χ2v) is 7.39. The molecule has 0 radical (unpaired) electrons. The first-order chi connectivity index (χ1) is 8.81. The first-order valence-corrected chi connectivity index (χ1v) is 8.18. The molecule has 1 aliphatic heterocycles. The molecule has 0 spiro atoms. The van der Waals surface area contributed by atoms with Crippen LogP contribution in [0.5, 0.6) is 0 Å². The highest BCUT2D eigenvalue weighted by Gasteiger charge is 2.35. The molecule has 2 nitrogen and oxygen atoms in total. The van der Waals surface area contributed by atoms with E-state index in [1.54, 1.807) is 11.3 Å². The van der Waals surface area contributed by atoms with Gasteiger partial charge < -0.3 is 10.2 Å². The molecule has 1 aromatic heterocycles. The molecule has 2 aliphatic rings. The van der Waals surface area contributed by atoms with E-state index in [4.69, 9.17) is 11.6 Å². The summed E-state index contributed by atoms with van der Waals surface area (Å²) in [7, 11) is 0. The first-order valence-electron chi connectivity index (χ1n) is 6.98. The molecular formula is C14H21ClN2S. The van der Waals surface area contributed by atoms with Gasteiger partial charge in [-0.05, 0) is 36.8 Å². The topological polar surface area (TPSA) is 15.3 Å². The average Bonchev–Trinajstić information content (AvgIpc) is 3.00. The first kappa shape index (κ1) is 12.9. The lowest BCUT2D eigenvalue weighted by molar-refractivity contribution is 0.309. The minimum atomic E-state index is 0.888. The Morgan fingerprint density at radius 2 is 2.06 bits per heavy atom. The SMILES string of the molecule is Clc1ccc(CNCCN2CC3CCCC3C2)s1. The zero-order chi connectivity index (χ0) is 12.4. The van der Waals surface area contributed by atoms with E-state index in [1.807, 2.05) is 6.07 Å². The number of hydrogen-bond donors (Lipinski definition) is 1. The molecule has 1 saturated carbocycles. The van der Waals surface area contributed by atoms with E-state index in [-0.39, 0.29) is 0 Å². The van der Waals surface area contributed by atoms with Gasteiger partial charge in [0.15, 0.2) is 0 Å². The van der Waals surface area contributed by atoms with Crippen LogP contribution in [0.4, 0.5) is 0 Å². The van der Waals surface area contributed by atoms with Crippen LogP contribution in [0.25, 0.3) is 0 Å². The highest BCUT2D eigenvalue weighted by molar-refractivity contribution is 7.16. The third-order valence-corrected chi connectivity index (χ3v) is 5.57. The van der Waals surface area contributed by atoms with Crippen molar-refractivity contribution >= 4 is 22.9 Å². The van der Waals surface area contributed by atoms with Crippen LogP contribution in [0.2, 0.25) is 4.34 Å². The molecule has 0 bridgehead atoms. The van der Waals surface area contributed by atoms with Crippen LogP contribution in [-0.2, 0) is 6.54 Å². The van der Waals surface area contributed by atoms with Gasteiger partial charge in [-0.15, -0.1) is 11.3 Å². The molecule has 2 heterocycles. The van der Waals surface area contributed by atoms with Crippen molar-refractivity contribution in [2.45, 2.75) is 25.8 Å². The maximum atomic E-state index is 5.91. The second-order valence-electron chi connectivity index (χ2n) is 5.59. The summed E-state index contributed by atoms with van der Waals surface area (Å²) >= 11 is 7.59. The van der Waals surface area contributed by atoms with Gasteiger partial charge in [-0.1, -0.05) is 18.0 Å². The van der Waals surface area contributed by atoms with Gasteiger partial charge in [-0.2, -0.15) is 0 Å². The highest BCUT2D eigenvalue weighted by atomic mass is 35.5. The Labute approximate surface area is 118 Å².